The van der Waals surface area contributed by atoms with E-state index in [-0.39, 0.29) is 0 Å². The third-order valence-corrected chi connectivity index (χ3v) is 4.41. The van der Waals surface area contributed by atoms with E-state index in [1.807, 2.05) is 24.3 Å². The van der Waals surface area contributed by atoms with Gasteiger partial charge in [-0.1, -0.05) is 37.3 Å². The van der Waals surface area contributed by atoms with Crippen molar-refractivity contribution < 1.29 is 4.74 Å². The molecular weight excluding hydrogens is 280 g/mol. The van der Waals surface area contributed by atoms with Gasteiger partial charge in [0.15, 0.2) is 0 Å². The van der Waals surface area contributed by atoms with Gasteiger partial charge in [-0.15, -0.1) is 11.3 Å². The average Bonchev–Trinajstić information content (AvgIpc) is 2.92. The first-order chi connectivity index (χ1) is 10.3. The molecule has 1 aromatic carbocycles. The number of nitrogens with one attached hydrogen (secondary N) is 1. The van der Waals surface area contributed by atoms with Crippen LogP contribution in [0, 0.1) is 0 Å². The molecule has 2 rings (SSSR count). The van der Waals surface area contributed by atoms with Crippen LogP contribution in [-0.2, 0) is 17.6 Å². The highest BCUT2D eigenvalue weighted by Crippen LogP contribution is 2.28. The summed E-state index contributed by atoms with van der Waals surface area (Å²) in [5.41, 5.74) is 2.35. The molecule has 0 spiro atoms. The lowest BCUT2D eigenvalue weighted by molar-refractivity contribution is 0.151. The second kappa shape index (κ2) is 8.93. The molecule has 21 heavy (non-hydrogen) atoms. The zero-order valence-corrected chi connectivity index (χ0v) is 13.7. The van der Waals surface area contributed by atoms with Crippen molar-refractivity contribution in [3.8, 4) is 11.3 Å². The van der Waals surface area contributed by atoms with E-state index in [0.717, 1.165) is 44.8 Å². The number of likely N-dealkylation sites (N-methyl/N-ethyl adjacent to an activating group) is 1. The fourth-order valence-corrected chi connectivity index (χ4v) is 3.25. The van der Waals surface area contributed by atoms with Crippen molar-refractivity contribution in [2.24, 2.45) is 0 Å². The van der Waals surface area contributed by atoms with E-state index in [4.69, 9.17) is 9.72 Å². The van der Waals surface area contributed by atoms with Gasteiger partial charge in [0.25, 0.3) is 0 Å². The highest BCUT2D eigenvalue weighted by atomic mass is 32.1. The highest BCUT2D eigenvalue weighted by molar-refractivity contribution is 7.12. The molecule has 0 fully saturated rings. The van der Waals surface area contributed by atoms with Gasteiger partial charge in [0, 0.05) is 30.0 Å². The molecule has 0 aliphatic rings. The van der Waals surface area contributed by atoms with Crippen LogP contribution in [0.5, 0.6) is 0 Å². The monoisotopic (exact) mass is 304 g/mol. The van der Waals surface area contributed by atoms with Gasteiger partial charge in [-0.25, -0.2) is 4.98 Å². The zero-order valence-electron chi connectivity index (χ0n) is 12.9. The average molecular weight is 304 g/mol. The van der Waals surface area contributed by atoms with Crippen LogP contribution in [-0.4, -0.2) is 31.3 Å². The Balaban J connectivity index is 2.15. The molecule has 0 amide bonds. The molecule has 0 aliphatic carbocycles. The molecule has 0 unspecified atom stereocenters. The second-order valence-corrected chi connectivity index (χ2v) is 5.96. The Bertz CT molecular complexity index is 525. The topological polar surface area (TPSA) is 34.1 Å². The van der Waals surface area contributed by atoms with Gasteiger partial charge < -0.3 is 10.1 Å². The Morgan fingerprint density at radius 1 is 1.14 bits per heavy atom. The summed E-state index contributed by atoms with van der Waals surface area (Å²) in [6.45, 7) is 7.70. The van der Waals surface area contributed by atoms with Crippen molar-refractivity contribution >= 4 is 11.3 Å². The van der Waals surface area contributed by atoms with E-state index in [2.05, 4.69) is 36.5 Å². The summed E-state index contributed by atoms with van der Waals surface area (Å²) in [5, 5.41) is 4.57. The van der Waals surface area contributed by atoms with Crippen molar-refractivity contribution in [2.75, 3.05) is 26.3 Å². The van der Waals surface area contributed by atoms with E-state index in [0.29, 0.717) is 0 Å². The Morgan fingerprint density at radius 3 is 2.67 bits per heavy atom. The number of hydrogen-bond acceptors (Lipinski definition) is 4. The smallest absolute Gasteiger partial charge is 0.0958 e. The van der Waals surface area contributed by atoms with Gasteiger partial charge in [-0.2, -0.15) is 0 Å². The van der Waals surface area contributed by atoms with Crippen LogP contribution in [0.3, 0.4) is 0 Å². The predicted molar refractivity (Wildman–Crippen MR) is 90.0 cm³/mol. The second-order valence-electron chi connectivity index (χ2n) is 4.80. The number of thiazole rings is 1. The van der Waals surface area contributed by atoms with Crippen LogP contribution in [0.25, 0.3) is 11.3 Å². The number of ether oxygens (including phenoxy) is 1. The molecule has 2 aromatic rings. The molecule has 0 aliphatic heterocycles. The van der Waals surface area contributed by atoms with Gasteiger partial charge >= 0.3 is 0 Å². The lowest BCUT2D eigenvalue weighted by Crippen LogP contribution is -2.15. The third-order valence-electron chi connectivity index (χ3n) is 3.23. The van der Waals surface area contributed by atoms with Crippen molar-refractivity contribution in [1.82, 2.24) is 10.3 Å². The van der Waals surface area contributed by atoms with E-state index in [1.54, 1.807) is 0 Å². The van der Waals surface area contributed by atoms with Gasteiger partial charge in [0.2, 0.25) is 0 Å². The maximum absolute atomic E-state index is 5.45. The number of aromatic nitrogens is 1. The fourth-order valence-electron chi connectivity index (χ4n) is 2.18. The van der Waals surface area contributed by atoms with Crippen LogP contribution in [0.4, 0.5) is 0 Å². The van der Waals surface area contributed by atoms with Crippen LogP contribution in [0.15, 0.2) is 30.3 Å². The summed E-state index contributed by atoms with van der Waals surface area (Å²) in [7, 11) is 0. The number of rotatable bonds is 9. The van der Waals surface area contributed by atoms with Crippen LogP contribution < -0.4 is 5.32 Å². The molecule has 1 N–H and O–H groups in total. The zero-order chi connectivity index (χ0) is 14.9. The first-order valence-electron chi connectivity index (χ1n) is 7.67. The summed E-state index contributed by atoms with van der Waals surface area (Å²) >= 11 is 1.82. The molecule has 114 valence electrons. The Kier molecular flexibility index (Phi) is 6.86. The van der Waals surface area contributed by atoms with Crippen LogP contribution in [0.1, 0.15) is 23.7 Å². The molecular formula is C17H24N2OS. The van der Waals surface area contributed by atoms with Gasteiger partial charge in [0.05, 0.1) is 17.3 Å². The first-order valence-corrected chi connectivity index (χ1v) is 8.49. The van der Waals surface area contributed by atoms with Gasteiger partial charge in [-0.3, -0.25) is 0 Å². The van der Waals surface area contributed by atoms with Gasteiger partial charge in [-0.05, 0) is 19.9 Å². The standard InChI is InChI=1S/C17H24N2OS/c1-3-18-12-10-15-17(14-8-6-5-7-9-14)19-16(21-15)11-13-20-4-2/h5-9,18H,3-4,10-13H2,1-2H3. The van der Waals surface area contributed by atoms with Crippen LogP contribution in [0.2, 0.25) is 0 Å². The summed E-state index contributed by atoms with van der Waals surface area (Å²) in [4.78, 5) is 6.21. The molecule has 0 radical (unpaired) electrons. The summed E-state index contributed by atoms with van der Waals surface area (Å²) < 4.78 is 5.45. The molecule has 3 nitrogen and oxygen atoms in total. The Hall–Kier alpha value is -1.23. The molecule has 0 bridgehead atoms. The van der Waals surface area contributed by atoms with Crippen molar-refractivity contribution in [3.63, 3.8) is 0 Å². The van der Waals surface area contributed by atoms with Crippen LogP contribution >= 0.6 is 11.3 Å². The van der Waals surface area contributed by atoms with E-state index >= 15 is 0 Å². The number of nitrogens with zero attached hydrogens (tertiary/aromatic N) is 1. The van der Waals surface area contributed by atoms with E-state index in [1.165, 1.54) is 15.4 Å². The number of benzene rings is 1. The SMILES string of the molecule is CCNCCc1sc(CCOCC)nc1-c1ccccc1. The Labute approximate surface area is 131 Å². The first kappa shape index (κ1) is 16.1. The predicted octanol–water partition coefficient (Wildman–Crippen LogP) is 3.54. The largest absolute Gasteiger partial charge is 0.381 e. The summed E-state index contributed by atoms with van der Waals surface area (Å²) in [6, 6.07) is 10.5. The summed E-state index contributed by atoms with van der Waals surface area (Å²) in [6.07, 6.45) is 1.93. The maximum atomic E-state index is 5.45. The minimum Gasteiger partial charge on any atom is -0.381 e. The van der Waals surface area contributed by atoms with Gasteiger partial charge in [0.1, 0.15) is 0 Å². The molecule has 4 heteroatoms. The minimum absolute atomic E-state index is 0.755. The van der Waals surface area contributed by atoms with E-state index < -0.39 is 0 Å². The van der Waals surface area contributed by atoms with E-state index in [9.17, 15) is 0 Å². The molecule has 1 aromatic heterocycles. The molecule has 0 atom stereocenters. The molecule has 1 heterocycles. The van der Waals surface area contributed by atoms with Crippen molar-refractivity contribution in [3.05, 3.63) is 40.2 Å². The maximum Gasteiger partial charge on any atom is 0.0958 e. The summed E-state index contributed by atoms with van der Waals surface area (Å²) in [5.74, 6) is 0. The molecule has 0 saturated heterocycles. The lowest BCUT2D eigenvalue weighted by Gasteiger charge is -2.03. The third kappa shape index (κ3) is 4.92. The molecule has 0 saturated carbocycles. The Morgan fingerprint density at radius 2 is 1.95 bits per heavy atom. The minimum atomic E-state index is 0.755. The number of hydrogen-bond donors (Lipinski definition) is 1. The normalized spacial score (nSPS) is 11.0. The lowest BCUT2D eigenvalue weighted by atomic mass is 10.1. The highest BCUT2D eigenvalue weighted by Gasteiger charge is 2.12. The van der Waals surface area contributed by atoms with Crippen molar-refractivity contribution in [1.29, 1.82) is 0 Å². The fraction of sp³-hybridized carbons (Fsp3) is 0.471. The quantitative estimate of drug-likeness (QED) is 0.720. The van der Waals surface area contributed by atoms with Crippen molar-refractivity contribution in [2.45, 2.75) is 26.7 Å².